The van der Waals surface area contributed by atoms with Gasteiger partial charge in [0.2, 0.25) is 0 Å². The van der Waals surface area contributed by atoms with E-state index < -0.39 is 6.10 Å². The molecule has 2 heteroatoms. The standard InChI is InChI=1S/C18H31NO/c1-4-6-7-8-13-19-14-18(20)17-11-9-16(10-12-17)15(3)5-2/h9-12,15,18-20H,4-8,13-14H2,1-3H3. The van der Waals surface area contributed by atoms with Crippen molar-refractivity contribution in [3.8, 4) is 0 Å². The molecule has 0 bridgehead atoms. The van der Waals surface area contributed by atoms with Gasteiger partial charge in [-0.2, -0.15) is 0 Å². The summed E-state index contributed by atoms with van der Waals surface area (Å²) in [6.45, 7) is 8.32. The van der Waals surface area contributed by atoms with E-state index in [0.29, 0.717) is 12.5 Å². The van der Waals surface area contributed by atoms with Crippen LogP contribution in [0.4, 0.5) is 0 Å². The minimum atomic E-state index is -0.396. The van der Waals surface area contributed by atoms with Crippen LogP contribution in [0.15, 0.2) is 24.3 Å². The van der Waals surface area contributed by atoms with Gasteiger partial charge in [0, 0.05) is 6.54 Å². The van der Waals surface area contributed by atoms with Gasteiger partial charge in [-0.3, -0.25) is 0 Å². The molecule has 0 radical (unpaired) electrons. The molecule has 1 aromatic carbocycles. The Hall–Kier alpha value is -0.860. The minimum Gasteiger partial charge on any atom is -0.387 e. The molecule has 2 nitrogen and oxygen atoms in total. The number of hydrogen-bond donors (Lipinski definition) is 2. The summed E-state index contributed by atoms with van der Waals surface area (Å²) in [6, 6.07) is 8.41. The van der Waals surface area contributed by atoms with Crippen LogP contribution >= 0.6 is 0 Å². The third kappa shape index (κ3) is 6.06. The molecule has 0 aliphatic carbocycles. The smallest absolute Gasteiger partial charge is 0.0914 e. The fourth-order valence-corrected chi connectivity index (χ4v) is 2.32. The van der Waals surface area contributed by atoms with E-state index in [9.17, 15) is 5.11 Å². The molecule has 0 aliphatic heterocycles. The zero-order valence-corrected chi connectivity index (χ0v) is 13.4. The third-order valence-corrected chi connectivity index (χ3v) is 4.05. The number of nitrogens with one attached hydrogen (secondary N) is 1. The highest BCUT2D eigenvalue weighted by Crippen LogP contribution is 2.21. The van der Waals surface area contributed by atoms with Crippen molar-refractivity contribution in [3.63, 3.8) is 0 Å². The van der Waals surface area contributed by atoms with Gasteiger partial charge in [0.05, 0.1) is 6.10 Å². The molecule has 0 saturated carbocycles. The van der Waals surface area contributed by atoms with E-state index in [1.54, 1.807) is 0 Å². The monoisotopic (exact) mass is 277 g/mol. The lowest BCUT2D eigenvalue weighted by atomic mass is 9.96. The molecule has 1 aromatic rings. The lowest BCUT2D eigenvalue weighted by Gasteiger charge is -2.14. The predicted octanol–water partition coefficient (Wildman–Crippen LogP) is 4.40. The number of rotatable bonds is 10. The van der Waals surface area contributed by atoms with Gasteiger partial charge in [-0.05, 0) is 36.4 Å². The molecule has 114 valence electrons. The zero-order valence-electron chi connectivity index (χ0n) is 13.4. The van der Waals surface area contributed by atoms with Crippen LogP contribution in [-0.2, 0) is 0 Å². The average molecular weight is 277 g/mol. The SMILES string of the molecule is CCCCCCNCC(O)c1ccc(C(C)CC)cc1. The highest BCUT2D eigenvalue weighted by atomic mass is 16.3. The van der Waals surface area contributed by atoms with E-state index >= 15 is 0 Å². The normalized spacial score (nSPS) is 14.2. The van der Waals surface area contributed by atoms with Crippen molar-refractivity contribution >= 4 is 0 Å². The van der Waals surface area contributed by atoms with Crippen LogP contribution in [0.25, 0.3) is 0 Å². The van der Waals surface area contributed by atoms with Gasteiger partial charge < -0.3 is 10.4 Å². The van der Waals surface area contributed by atoms with Gasteiger partial charge >= 0.3 is 0 Å². The second kappa shape index (κ2) is 9.95. The first-order valence-corrected chi connectivity index (χ1v) is 8.17. The summed E-state index contributed by atoms with van der Waals surface area (Å²) in [5.74, 6) is 0.595. The van der Waals surface area contributed by atoms with E-state index in [1.807, 2.05) is 0 Å². The Balaban J connectivity index is 2.30. The van der Waals surface area contributed by atoms with Gasteiger partial charge in [-0.15, -0.1) is 0 Å². The highest BCUT2D eigenvalue weighted by Gasteiger charge is 2.08. The van der Waals surface area contributed by atoms with Crippen molar-refractivity contribution in [2.75, 3.05) is 13.1 Å². The molecular formula is C18H31NO. The van der Waals surface area contributed by atoms with Crippen molar-refractivity contribution in [1.82, 2.24) is 5.32 Å². The maximum Gasteiger partial charge on any atom is 0.0914 e. The summed E-state index contributed by atoms with van der Waals surface area (Å²) < 4.78 is 0. The molecular weight excluding hydrogens is 246 g/mol. The van der Waals surface area contributed by atoms with Crippen LogP contribution < -0.4 is 5.32 Å². The molecule has 0 saturated heterocycles. The first-order chi connectivity index (χ1) is 9.69. The molecule has 2 N–H and O–H groups in total. The van der Waals surface area contributed by atoms with E-state index in [0.717, 1.165) is 18.5 Å². The fourth-order valence-electron chi connectivity index (χ4n) is 2.32. The van der Waals surface area contributed by atoms with Crippen molar-refractivity contribution in [1.29, 1.82) is 0 Å². The Morgan fingerprint density at radius 3 is 2.25 bits per heavy atom. The molecule has 0 fully saturated rings. The highest BCUT2D eigenvalue weighted by molar-refractivity contribution is 5.26. The number of aliphatic hydroxyl groups excluding tert-OH is 1. The molecule has 0 spiro atoms. The van der Waals surface area contributed by atoms with Gasteiger partial charge in [0.25, 0.3) is 0 Å². The molecule has 20 heavy (non-hydrogen) atoms. The Morgan fingerprint density at radius 2 is 1.65 bits per heavy atom. The zero-order chi connectivity index (χ0) is 14.8. The van der Waals surface area contributed by atoms with Crippen LogP contribution in [0.5, 0.6) is 0 Å². The second-order valence-corrected chi connectivity index (χ2v) is 5.76. The van der Waals surface area contributed by atoms with Crippen molar-refractivity contribution in [2.24, 2.45) is 0 Å². The van der Waals surface area contributed by atoms with Crippen LogP contribution in [0.1, 0.15) is 76.0 Å². The summed E-state index contributed by atoms with van der Waals surface area (Å²) in [5, 5.41) is 13.5. The maximum atomic E-state index is 10.1. The van der Waals surface area contributed by atoms with Crippen LogP contribution in [0.2, 0.25) is 0 Å². The summed E-state index contributed by atoms with van der Waals surface area (Å²) >= 11 is 0. The predicted molar refractivity (Wildman–Crippen MR) is 87.1 cm³/mol. The molecule has 1 rings (SSSR count). The van der Waals surface area contributed by atoms with Crippen molar-refractivity contribution < 1.29 is 5.11 Å². The molecule has 2 atom stereocenters. The van der Waals surface area contributed by atoms with Gasteiger partial charge in [-0.1, -0.05) is 64.3 Å². The quantitative estimate of drug-likeness (QED) is 0.621. The summed E-state index contributed by atoms with van der Waals surface area (Å²) in [4.78, 5) is 0. The largest absolute Gasteiger partial charge is 0.387 e. The third-order valence-electron chi connectivity index (χ3n) is 4.05. The summed E-state index contributed by atoms with van der Waals surface area (Å²) in [6.07, 6.45) is 5.82. The first kappa shape index (κ1) is 17.2. The van der Waals surface area contributed by atoms with Crippen molar-refractivity contribution in [3.05, 3.63) is 35.4 Å². The van der Waals surface area contributed by atoms with Gasteiger partial charge in [0.1, 0.15) is 0 Å². The van der Waals surface area contributed by atoms with Gasteiger partial charge in [-0.25, -0.2) is 0 Å². The Kier molecular flexibility index (Phi) is 8.56. The molecule has 0 aromatic heterocycles. The summed E-state index contributed by atoms with van der Waals surface area (Å²) in [7, 11) is 0. The van der Waals surface area contributed by atoms with E-state index in [2.05, 4.69) is 50.4 Å². The van der Waals surface area contributed by atoms with Crippen LogP contribution in [0, 0.1) is 0 Å². The average Bonchev–Trinajstić information content (AvgIpc) is 2.50. The number of hydrogen-bond acceptors (Lipinski definition) is 2. The lowest BCUT2D eigenvalue weighted by Crippen LogP contribution is -2.22. The van der Waals surface area contributed by atoms with Crippen LogP contribution in [0.3, 0.4) is 0 Å². The number of benzene rings is 1. The lowest BCUT2D eigenvalue weighted by molar-refractivity contribution is 0.174. The van der Waals surface area contributed by atoms with E-state index in [4.69, 9.17) is 0 Å². The number of aliphatic hydroxyl groups is 1. The Morgan fingerprint density at radius 1 is 1.00 bits per heavy atom. The molecule has 0 aliphatic rings. The number of unbranched alkanes of at least 4 members (excludes halogenated alkanes) is 3. The molecule has 0 amide bonds. The van der Waals surface area contributed by atoms with E-state index in [1.165, 1.54) is 31.2 Å². The first-order valence-electron chi connectivity index (χ1n) is 8.17. The Bertz CT molecular complexity index is 347. The summed E-state index contributed by atoms with van der Waals surface area (Å²) in [5.41, 5.74) is 2.37. The Labute approximate surface area is 124 Å². The molecule has 0 heterocycles. The minimum absolute atomic E-state index is 0.396. The second-order valence-electron chi connectivity index (χ2n) is 5.76. The molecule has 2 unspecified atom stereocenters. The van der Waals surface area contributed by atoms with Crippen molar-refractivity contribution in [2.45, 2.75) is 64.9 Å². The topological polar surface area (TPSA) is 32.3 Å². The maximum absolute atomic E-state index is 10.1. The van der Waals surface area contributed by atoms with Crippen LogP contribution in [-0.4, -0.2) is 18.2 Å². The fraction of sp³-hybridized carbons (Fsp3) is 0.667. The van der Waals surface area contributed by atoms with E-state index in [-0.39, 0.29) is 0 Å². The van der Waals surface area contributed by atoms with Gasteiger partial charge in [0.15, 0.2) is 0 Å².